The number of amides is 3. The van der Waals surface area contributed by atoms with Crippen molar-refractivity contribution in [1.82, 2.24) is 5.32 Å². The van der Waals surface area contributed by atoms with Crippen molar-refractivity contribution < 1.29 is 23.9 Å². The fourth-order valence-corrected chi connectivity index (χ4v) is 1.52. The van der Waals surface area contributed by atoms with E-state index in [4.69, 9.17) is 15.2 Å². The molecule has 8 nitrogen and oxygen atoms in total. The maximum atomic E-state index is 11.9. The Hall–Kier alpha value is -2.77. The van der Waals surface area contributed by atoms with Crippen molar-refractivity contribution in [2.75, 3.05) is 19.0 Å². The first-order valence-electron chi connectivity index (χ1n) is 6.60. The molecular formula is C14H19N3O5. The van der Waals surface area contributed by atoms with Gasteiger partial charge in [0.1, 0.15) is 5.75 Å². The second kappa shape index (κ2) is 8.50. The zero-order valence-electron chi connectivity index (χ0n) is 12.4. The number of benzene rings is 1. The highest BCUT2D eigenvalue weighted by atomic mass is 16.5. The van der Waals surface area contributed by atoms with Crippen molar-refractivity contribution in [2.24, 2.45) is 5.73 Å². The van der Waals surface area contributed by atoms with Gasteiger partial charge in [-0.1, -0.05) is 0 Å². The first kappa shape index (κ1) is 17.3. The first-order valence-corrected chi connectivity index (χ1v) is 6.60. The molecule has 1 aromatic rings. The molecule has 0 saturated carbocycles. The Morgan fingerprint density at radius 3 is 2.41 bits per heavy atom. The van der Waals surface area contributed by atoms with Crippen molar-refractivity contribution in [3.8, 4) is 5.75 Å². The summed E-state index contributed by atoms with van der Waals surface area (Å²) in [6.07, 6.45) is -1.02. The number of nitrogens with one attached hydrogen (secondary N) is 2. The minimum absolute atomic E-state index is 0.0565. The summed E-state index contributed by atoms with van der Waals surface area (Å²) >= 11 is 0. The molecule has 0 heterocycles. The Morgan fingerprint density at radius 1 is 1.23 bits per heavy atom. The Labute approximate surface area is 128 Å². The molecule has 0 aromatic heterocycles. The largest absolute Gasteiger partial charge is 0.497 e. The van der Waals surface area contributed by atoms with Gasteiger partial charge in [-0.25, -0.2) is 4.79 Å². The number of hydrogen-bond acceptors (Lipinski definition) is 5. The Bertz CT molecular complexity index is 530. The van der Waals surface area contributed by atoms with Gasteiger partial charge in [-0.05, 0) is 31.2 Å². The van der Waals surface area contributed by atoms with Crippen LogP contribution < -0.4 is 21.1 Å². The molecule has 1 aromatic carbocycles. The van der Waals surface area contributed by atoms with Crippen molar-refractivity contribution in [3.63, 3.8) is 0 Å². The lowest BCUT2D eigenvalue weighted by atomic mass is 10.3. The number of ether oxygens (including phenoxy) is 2. The predicted molar refractivity (Wildman–Crippen MR) is 79.4 cm³/mol. The van der Waals surface area contributed by atoms with Crippen molar-refractivity contribution in [2.45, 2.75) is 19.4 Å². The van der Waals surface area contributed by atoms with E-state index in [1.165, 1.54) is 6.92 Å². The topological polar surface area (TPSA) is 120 Å². The van der Waals surface area contributed by atoms with Crippen LogP contribution in [0, 0.1) is 0 Å². The van der Waals surface area contributed by atoms with Crippen LogP contribution in [-0.2, 0) is 14.3 Å². The van der Waals surface area contributed by atoms with Crippen LogP contribution in [0.2, 0.25) is 0 Å². The number of carbonyl (C=O) groups is 3. The molecule has 120 valence electrons. The van der Waals surface area contributed by atoms with Crippen LogP contribution in [0.3, 0.4) is 0 Å². The van der Waals surface area contributed by atoms with Gasteiger partial charge in [0.15, 0.2) is 6.10 Å². The molecule has 4 N–H and O–H groups in total. The zero-order valence-corrected chi connectivity index (χ0v) is 12.4. The number of rotatable bonds is 7. The van der Waals surface area contributed by atoms with Crippen LogP contribution in [0.25, 0.3) is 0 Å². The fraction of sp³-hybridized carbons (Fsp3) is 0.357. The average molecular weight is 309 g/mol. The van der Waals surface area contributed by atoms with E-state index in [1.807, 2.05) is 0 Å². The highest BCUT2D eigenvalue weighted by Crippen LogP contribution is 2.15. The highest BCUT2D eigenvalue weighted by molar-refractivity contribution is 5.95. The highest BCUT2D eigenvalue weighted by Gasteiger charge is 2.17. The molecule has 0 unspecified atom stereocenters. The third-order valence-electron chi connectivity index (χ3n) is 2.66. The van der Waals surface area contributed by atoms with E-state index in [0.29, 0.717) is 11.4 Å². The van der Waals surface area contributed by atoms with Gasteiger partial charge >= 0.3 is 12.0 Å². The SMILES string of the molecule is COc1ccc(NC(=O)[C@H](C)OC(=O)CCNC(N)=O)cc1. The average Bonchev–Trinajstić information content (AvgIpc) is 2.47. The number of methoxy groups -OCH3 is 1. The standard InChI is InChI=1S/C14H19N3O5/c1-9(22-12(18)7-8-16-14(15)20)13(19)17-10-3-5-11(21-2)6-4-10/h3-6,9H,7-8H2,1-2H3,(H,17,19)(H3,15,16,20)/t9-/m0/s1. The summed E-state index contributed by atoms with van der Waals surface area (Å²) < 4.78 is 9.95. The van der Waals surface area contributed by atoms with E-state index in [-0.39, 0.29) is 13.0 Å². The van der Waals surface area contributed by atoms with Crippen LogP contribution in [-0.4, -0.2) is 37.7 Å². The van der Waals surface area contributed by atoms with Crippen molar-refractivity contribution >= 4 is 23.6 Å². The number of carbonyl (C=O) groups excluding carboxylic acids is 3. The molecule has 3 amide bonds. The molecule has 0 saturated heterocycles. The number of primary amides is 1. The van der Waals surface area contributed by atoms with E-state index in [1.54, 1.807) is 31.4 Å². The molecule has 0 spiro atoms. The summed E-state index contributed by atoms with van der Waals surface area (Å²) in [5.74, 6) is -0.396. The maximum absolute atomic E-state index is 11.9. The number of esters is 1. The molecule has 8 heteroatoms. The minimum atomic E-state index is -0.955. The second-order valence-electron chi connectivity index (χ2n) is 4.39. The van der Waals surface area contributed by atoms with Gasteiger partial charge in [0.2, 0.25) is 0 Å². The molecule has 22 heavy (non-hydrogen) atoms. The van der Waals surface area contributed by atoms with Gasteiger partial charge in [-0.2, -0.15) is 0 Å². The van der Waals surface area contributed by atoms with Crippen LogP contribution in [0.4, 0.5) is 10.5 Å². The van der Waals surface area contributed by atoms with Gasteiger partial charge in [-0.15, -0.1) is 0 Å². The van der Waals surface area contributed by atoms with Crippen LogP contribution in [0.1, 0.15) is 13.3 Å². The van der Waals surface area contributed by atoms with Crippen molar-refractivity contribution in [3.05, 3.63) is 24.3 Å². The molecule has 0 radical (unpaired) electrons. The monoisotopic (exact) mass is 309 g/mol. The van der Waals surface area contributed by atoms with E-state index in [9.17, 15) is 14.4 Å². The third kappa shape index (κ3) is 6.12. The van der Waals surface area contributed by atoms with Crippen LogP contribution in [0.15, 0.2) is 24.3 Å². The van der Waals surface area contributed by atoms with E-state index in [2.05, 4.69) is 10.6 Å². The van der Waals surface area contributed by atoms with E-state index >= 15 is 0 Å². The van der Waals surface area contributed by atoms with Crippen LogP contribution in [0.5, 0.6) is 5.75 Å². The number of urea groups is 1. The summed E-state index contributed by atoms with van der Waals surface area (Å²) in [7, 11) is 1.54. The molecule has 0 bridgehead atoms. The lowest BCUT2D eigenvalue weighted by Gasteiger charge is -2.13. The van der Waals surface area contributed by atoms with Gasteiger partial charge in [0.05, 0.1) is 13.5 Å². The predicted octanol–water partition coefficient (Wildman–Crippen LogP) is 0.624. The minimum Gasteiger partial charge on any atom is -0.497 e. The summed E-state index contributed by atoms with van der Waals surface area (Å²) in [5.41, 5.74) is 5.42. The molecule has 0 aliphatic rings. The van der Waals surface area contributed by atoms with E-state index in [0.717, 1.165) is 0 Å². The number of nitrogens with two attached hydrogens (primary N) is 1. The first-order chi connectivity index (χ1) is 10.4. The molecule has 0 aliphatic carbocycles. The van der Waals surface area contributed by atoms with Gasteiger partial charge in [0, 0.05) is 12.2 Å². The normalized spacial score (nSPS) is 11.2. The van der Waals surface area contributed by atoms with E-state index < -0.39 is 24.0 Å². The Morgan fingerprint density at radius 2 is 1.86 bits per heavy atom. The molecular weight excluding hydrogens is 290 g/mol. The molecule has 0 fully saturated rings. The van der Waals surface area contributed by atoms with Gasteiger partial charge < -0.3 is 25.8 Å². The molecule has 0 aliphatic heterocycles. The summed E-state index contributed by atoms with van der Waals surface area (Å²) in [6.45, 7) is 1.51. The van der Waals surface area contributed by atoms with Gasteiger partial charge in [-0.3, -0.25) is 9.59 Å². The van der Waals surface area contributed by atoms with Crippen LogP contribution >= 0.6 is 0 Å². The molecule has 1 rings (SSSR count). The zero-order chi connectivity index (χ0) is 16.5. The van der Waals surface area contributed by atoms with Crippen molar-refractivity contribution in [1.29, 1.82) is 0 Å². The summed E-state index contributed by atoms with van der Waals surface area (Å²) in [5, 5.41) is 4.87. The Balaban J connectivity index is 2.40. The maximum Gasteiger partial charge on any atom is 0.312 e. The smallest absolute Gasteiger partial charge is 0.312 e. The van der Waals surface area contributed by atoms with Gasteiger partial charge in [0.25, 0.3) is 5.91 Å². The second-order valence-corrected chi connectivity index (χ2v) is 4.39. The number of anilines is 1. The fourth-order valence-electron chi connectivity index (χ4n) is 1.52. The third-order valence-corrected chi connectivity index (χ3v) is 2.66. The summed E-state index contributed by atoms with van der Waals surface area (Å²) in [6, 6.07) is 6.01. The lowest BCUT2D eigenvalue weighted by molar-refractivity contribution is -0.153. The lowest BCUT2D eigenvalue weighted by Crippen LogP contribution is -2.33. The quantitative estimate of drug-likeness (QED) is 0.638. The summed E-state index contributed by atoms with van der Waals surface area (Å²) in [4.78, 5) is 33.8. The Kier molecular flexibility index (Phi) is 6.68. The molecule has 1 atom stereocenters. The number of hydrogen-bond donors (Lipinski definition) is 3.